The summed E-state index contributed by atoms with van der Waals surface area (Å²) in [4.78, 5) is 24.8. The zero-order valence-corrected chi connectivity index (χ0v) is 25.3. The lowest BCUT2D eigenvalue weighted by atomic mass is 10.3. The van der Waals surface area contributed by atoms with Gasteiger partial charge in [0.15, 0.2) is 0 Å². The van der Waals surface area contributed by atoms with E-state index in [-0.39, 0.29) is 33.9 Å². The fourth-order valence-electron chi connectivity index (χ4n) is 3.81. The first-order valence-electron chi connectivity index (χ1n) is 12.8. The molecule has 0 saturated carbocycles. The van der Waals surface area contributed by atoms with Crippen LogP contribution in [0.25, 0.3) is 64.5 Å². The zero-order chi connectivity index (χ0) is 29.9. The van der Waals surface area contributed by atoms with Gasteiger partial charge in [-0.05, 0) is 120 Å². The van der Waals surface area contributed by atoms with E-state index in [1.54, 1.807) is 71.2 Å². The number of halogens is 2. The summed E-state index contributed by atoms with van der Waals surface area (Å²) in [5.74, 6) is 0.0383. The molecule has 0 amide bonds. The van der Waals surface area contributed by atoms with E-state index in [0.717, 1.165) is 18.8 Å². The highest BCUT2D eigenvalue weighted by Crippen LogP contribution is 2.20. The molecule has 0 radical (unpaired) electrons. The second-order valence-corrected chi connectivity index (χ2v) is 11.8. The maximum Gasteiger partial charge on any atom is 0.329 e. The van der Waals surface area contributed by atoms with Crippen molar-refractivity contribution in [3.8, 4) is 0 Å². The van der Waals surface area contributed by atoms with Crippen molar-refractivity contribution < 1.29 is 17.7 Å². The number of hydrogen-bond donors (Lipinski definition) is 0. The number of aromatic nitrogens is 6. The molecule has 0 aliphatic heterocycles. The van der Waals surface area contributed by atoms with Gasteiger partial charge in [-0.1, -0.05) is 0 Å². The van der Waals surface area contributed by atoms with Gasteiger partial charge in [0.1, 0.15) is 22.3 Å². The van der Waals surface area contributed by atoms with Crippen LogP contribution in [-0.2, 0) is 0 Å². The van der Waals surface area contributed by atoms with Gasteiger partial charge in [0.25, 0.3) is 0 Å². The zero-order valence-electron chi connectivity index (χ0n) is 22.1. The number of benzene rings is 4. The lowest BCUT2D eigenvalue weighted by Crippen LogP contribution is -1.87. The first-order chi connectivity index (χ1) is 21.5. The van der Waals surface area contributed by atoms with Crippen molar-refractivity contribution in [1.29, 1.82) is 0 Å². The van der Waals surface area contributed by atoms with Crippen LogP contribution in [-0.4, -0.2) is 29.9 Å². The Morgan fingerprint density at radius 1 is 0.341 bits per heavy atom. The fourth-order valence-corrected chi connectivity index (χ4v) is 5.73. The average molecular weight is 660 g/mol. The van der Waals surface area contributed by atoms with E-state index < -0.39 is 0 Å². The summed E-state index contributed by atoms with van der Waals surface area (Å²) < 4.78 is 27.3. The molecule has 0 aliphatic carbocycles. The second kappa shape index (κ2) is 12.4. The smallest absolute Gasteiger partial charge is 0.329 e. The molecule has 0 unspecified atom stereocenters. The molecule has 0 atom stereocenters. The first-order valence-corrected chi connectivity index (χ1v) is 15.2. The van der Waals surface area contributed by atoms with Crippen LogP contribution in [0, 0.1) is 0 Å². The normalized spacial score (nSPS) is 11.0. The molecule has 0 saturated heterocycles. The van der Waals surface area contributed by atoms with Crippen molar-refractivity contribution in [1.82, 2.24) is 29.9 Å². The molecule has 4 aromatic carbocycles. The molecule has 14 heteroatoms. The summed E-state index contributed by atoms with van der Waals surface area (Å²) in [6.45, 7) is 0. The summed E-state index contributed by atoms with van der Waals surface area (Å²) in [6, 6.07) is 29.8. The third-order valence-corrected chi connectivity index (χ3v) is 8.11. The Bertz CT molecular complexity index is 2060. The molecule has 216 valence electrons. The maximum atomic E-state index is 6.13. The summed E-state index contributed by atoms with van der Waals surface area (Å²) in [5.41, 5.74) is 2.09. The highest BCUT2D eigenvalue weighted by molar-refractivity contribution is 7.23. The topological polar surface area (TPSA) is 130 Å². The van der Waals surface area contributed by atoms with Gasteiger partial charge in [-0.2, -0.15) is 19.9 Å². The van der Waals surface area contributed by atoms with Crippen molar-refractivity contribution in [3.63, 3.8) is 0 Å². The Kier molecular flexibility index (Phi) is 7.86. The average Bonchev–Trinajstić information content (AvgIpc) is 3.00. The van der Waals surface area contributed by atoms with Crippen LogP contribution in [0.5, 0.6) is 0 Å². The molecule has 9 heterocycles. The SMILES string of the molecule is Clc1nc2nc(n1)oc1ccc(cc1)sc1ccc(cc1)oc1nc(Cl)nc(n1)oc1ccc(cc1)sc1ccc(cc1)o2. The van der Waals surface area contributed by atoms with Crippen LogP contribution in [0.3, 0.4) is 0 Å². The van der Waals surface area contributed by atoms with E-state index in [0.29, 0.717) is 22.3 Å². The fraction of sp³-hybridized carbons (Fsp3) is 0. The predicted molar refractivity (Wildman–Crippen MR) is 172 cm³/mol. The van der Waals surface area contributed by atoms with E-state index in [2.05, 4.69) is 29.9 Å². The van der Waals surface area contributed by atoms with Crippen LogP contribution in [0.4, 0.5) is 0 Å². The molecule has 0 fully saturated rings. The van der Waals surface area contributed by atoms with Gasteiger partial charge in [0.05, 0.1) is 0 Å². The molecule has 44 heavy (non-hydrogen) atoms. The largest absolute Gasteiger partial charge is 0.424 e. The molecule has 12 bridgehead atoms. The molecule has 10 nitrogen and oxygen atoms in total. The molecule has 0 aliphatic rings. The minimum absolute atomic E-state index is 0.00957. The van der Waals surface area contributed by atoms with E-state index in [1.807, 2.05) is 48.5 Å². The van der Waals surface area contributed by atoms with Crippen LogP contribution in [0.2, 0.25) is 10.6 Å². The van der Waals surface area contributed by atoms with Gasteiger partial charge in [-0.3, -0.25) is 0 Å². The molecule has 0 spiro atoms. The predicted octanol–water partition coefficient (Wildman–Crippen LogP) is 9.84. The van der Waals surface area contributed by atoms with E-state index in [4.69, 9.17) is 40.9 Å². The molecular formula is C30H16Cl2N6O4S2. The van der Waals surface area contributed by atoms with Gasteiger partial charge in [-0.15, -0.1) is 32.6 Å². The van der Waals surface area contributed by atoms with Crippen LogP contribution < -0.4 is 0 Å². The monoisotopic (exact) mass is 658 g/mol. The molecule has 13 rings (SSSR count). The number of rotatable bonds is 0. The third kappa shape index (κ3) is 7.01. The Balaban J connectivity index is 1.43. The highest BCUT2D eigenvalue weighted by Gasteiger charge is 2.01. The number of hydrogen-bond acceptors (Lipinski definition) is 12. The van der Waals surface area contributed by atoms with Crippen molar-refractivity contribution in [2.24, 2.45) is 0 Å². The van der Waals surface area contributed by atoms with Crippen LogP contribution >= 0.6 is 45.9 Å². The van der Waals surface area contributed by atoms with Gasteiger partial charge >= 0.3 is 23.4 Å². The Labute approximate surface area is 264 Å². The lowest BCUT2D eigenvalue weighted by Gasteiger charge is -1.95. The molecule has 13 aromatic rings. The maximum absolute atomic E-state index is 6.13. The van der Waals surface area contributed by atoms with Crippen molar-refractivity contribution in [2.45, 2.75) is 0 Å². The molecule has 9 aromatic heterocycles. The number of nitrogens with zero attached hydrogens (tertiary/aromatic N) is 6. The molecular weight excluding hydrogens is 643 g/mol. The minimum Gasteiger partial charge on any atom is -0.424 e. The summed E-state index contributed by atoms with van der Waals surface area (Å²) in [7, 11) is 0. The highest BCUT2D eigenvalue weighted by atomic mass is 35.5. The van der Waals surface area contributed by atoms with Crippen molar-refractivity contribution in [2.75, 3.05) is 0 Å². The minimum atomic E-state index is -0.0541. The Morgan fingerprint density at radius 3 is 0.795 bits per heavy atom. The summed E-state index contributed by atoms with van der Waals surface area (Å²) >= 11 is 15.4. The third-order valence-electron chi connectivity index (χ3n) is 5.74. The van der Waals surface area contributed by atoms with E-state index >= 15 is 0 Å². The summed E-state index contributed by atoms with van der Waals surface area (Å²) in [5, 5.41) is -0.108. The Hall–Kier alpha value is -4.88. The van der Waals surface area contributed by atoms with E-state index in [9.17, 15) is 0 Å². The van der Waals surface area contributed by atoms with Gasteiger partial charge < -0.3 is 17.7 Å². The summed E-state index contributed by atoms with van der Waals surface area (Å²) in [6.07, 6.45) is 0. The van der Waals surface area contributed by atoms with Crippen molar-refractivity contribution in [3.05, 3.63) is 108 Å². The quantitative estimate of drug-likeness (QED) is 0.155. The van der Waals surface area contributed by atoms with Gasteiger partial charge in [0, 0.05) is 18.8 Å². The van der Waals surface area contributed by atoms with Gasteiger partial charge in [0.2, 0.25) is 10.6 Å². The second-order valence-electron chi connectivity index (χ2n) is 8.84. The van der Waals surface area contributed by atoms with Crippen LogP contribution in [0.15, 0.2) is 115 Å². The first kappa shape index (κ1) is 27.9. The van der Waals surface area contributed by atoms with E-state index in [1.165, 1.54) is 0 Å². The lowest BCUT2D eigenvalue weighted by molar-refractivity contribution is 0.589. The van der Waals surface area contributed by atoms with Gasteiger partial charge in [-0.25, -0.2) is 0 Å². The molecule has 0 N–H and O–H groups in total. The standard InChI is InChI=1S/C30H16Cl2N6O4S2/c31-25-33-27-37-28(34-25)40-19-5-13-23(14-6-19)44-24-15-7-20(8-16-24)42-30-36-26(32)35-29(38-30)41-18-3-11-22(12-4-18)43-21-9-1-17(39-27)2-10-21/h1-16H. The van der Waals surface area contributed by atoms with Crippen molar-refractivity contribution >= 4 is 110 Å². The van der Waals surface area contributed by atoms with Crippen LogP contribution in [0.1, 0.15) is 0 Å². The Morgan fingerprint density at radius 2 is 0.568 bits per heavy atom.